The highest BCUT2D eigenvalue weighted by Gasteiger charge is 1.99. The first-order valence-electron chi connectivity index (χ1n) is 6.71. The normalized spacial score (nSPS) is 10.4. The number of aryl methyl sites for hydroxylation is 1. The zero-order valence-electron chi connectivity index (χ0n) is 11.5. The van der Waals surface area contributed by atoms with E-state index in [1.54, 1.807) is 6.20 Å². The van der Waals surface area contributed by atoms with Crippen molar-refractivity contribution < 1.29 is 0 Å². The highest BCUT2D eigenvalue weighted by Crippen LogP contribution is 2.15. The Morgan fingerprint density at radius 1 is 1.05 bits per heavy atom. The van der Waals surface area contributed by atoms with E-state index in [0.29, 0.717) is 0 Å². The van der Waals surface area contributed by atoms with Crippen molar-refractivity contribution in [2.75, 3.05) is 5.32 Å². The average Bonchev–Trinajstić information content (AvgIpc) is 3.00. The first-order chi connectivity index (χ1) is 9.81. The fourth-order valence-electron chi connectivity index (χ4n) is 2.21. The molecule has 0 spiro atoms. The molecule has 0 unspecified atom stereocenters. The lowest BCUT2D eigenvalue weighted by Crippen LogP contribution is -2.01. The molecule has 3 heteroatoms. The minimum atomic E-state index is 0.824. The zero-order chi connectivity index (χ0) is 13.8. The summed E-state index contributed by atoms with van der Waals surface area (Å²) in [6.45, 7) is 2.94. The molecule has 20 heavy (non-hydrogen) atoms. The lowest BCUT2D eigenvalue weighted by atomic mass is 10.1. The highest BCUT2D eigenvalue weighted by atomic mass is 15.3. The number of anilines is 1. The molecule has 0 radical (unpaired) electrons. The van der Waals surface area contributed by atoms with Gasteiger partial charge in [0.1, 0.15) is 0 Å². The largest absolute Gasteiger partial charge is 0.381 e. The second kappa shape index (κ2) is 5.61. The topological polar surface area (TPSA) is 29.9 Å². The van der Waals surface area contributed by atoms with Crippen LogP contribution in [0.15, 0.2) is 67.0 Å². The van der Waals surface area contributed by atoms with E-state index in [2.05, 4.69) is 53.7 Å². The molecule has 1 aromatic heterocycles. The Morgan fingerprint density at radius 2 is 1.95 bits per heavy atom. The second-order valence-corrected chi connectivity index (χ2v) is 4.84. The first kappa shape index (κ1) is 12.5. The van der Waals surface area contributed by atoms with Crippen LogP contribution in [0.4, 0.5) is 5.69 Å². The molecule has 0 saturated heterocycles. The van der Waals surface area contributed by atoms with Crippen molar-refractivity contribution in [1.29, 1.82) is 0 Å². The van der Waals surface area contributed by atoms with Gasteiger partial charge in [0.25, 0.3) is 0 Å². The van der Waals surface area contributed by atoms with Gasteiger partial charge in [-0.15, -0.1) is 0 Å². The number of hydrogen-bond donors (Lipinski definition) is 1. The van der Waals surface area contributed by atoms with E-state index in [4.69, 9.17) is 0 Å². The van der Waals surface area contributed by atoms with Gasteiger partial charge in [0, 0.05) is 24.6 Å². The maximum atomic E-state index is 4.25. The Labute approximate surface area is 118 Å². The Kier molecular flexibility index (Phi) is 3.50. The molecule has 0 atom stereocenters. The van der Waals surface area contributed by atoms with E-state index in [1.807, 2.05) is 29.1 Å². The molecule has 2 aromatic carbocycles. The maximum absolute atomic E-state index is 4.25. The SMILES string of the molecule is Cc1cccc(CNc2cccc(-n3cccn3)c2)c1. The summed E-state index contributed by atoms with van der Waals surface area (Å²) < 4.78 is 1.86. The molecule has 1 N–H and O–H groups in total. The van der Waals surface area contributed by atoms with Crippen molar-refractivity contribution in [2.24, 2.45) is 0 Å². The molecule has 0 amide bonds. The van der Waals surface area contributed by atoms with Crippen LogP contribution in [-0.4, -0.2) is 9.78 Å². The molecule has 0 fully saturated rings. The molecule has 0 aliphatic rings. The number of rotatable bonds is 4. The predicted molar refractivity (Wildman–Crippen MR) is 82.1 cm³/mol. The molecule has 0 aliphatic carbocycles. The minimum absolute atomic E-state index is 0.824. The van der Waals surface area contributed by atoms with Gasteiger partial charge in [-0.05, 0) is 36.8 Å². The monoisotopic (exact) mass is 263 g/mol. The van der Waals surface area contributed by atoms with Gasteiger partial charge in [0.15, 0.2) is 0 Å². The summed E-state index contributed by atoms with van der Waals surface area (Å²) in [6.07, 6.45) is 3.73. The van der Waals surface area contributed by atoms with Crippen molar-refractivity contribution in [3.8, 4) is 5.69 Å². The number of aromatic nitrogens is 2. The van der Waals surface area contributed by atoms with Gasteiger partial charge in [-0.1, -0.05) is 35.9 Å². The molecular formula is C17H17N3. The Morgan fingerprint density at radius 3 is 2.75 bits per heavy atom. The molecule has 1 heterocycles. The lowest BCUT2D eigenvalue weighted by Gasteiger charge is -2.09. The Hall–Kier alpha value is -2.55. The summed E-state index contributed by atoms with van der Waals surface area (Å²) in [5.41, 5.74) is 4.73. The van der Waals surface area contributed by atoms with Gasteiger partial charge < -0.3 is 5.32 Å². The maximum Gasteiger partial charge on any atom is 0.0666 e. The van der Waals surface area contributed by atoms with E-state index in [1.165, 1.54) is 11.1 Å². The predicted octanol–water partition coefficient (Wildman–Crippen LogP) is 3.79. The summed E-state index contributed by atoms with van der Waals surface area (Å²) >= 11 is 0. The smallest absolute Gasteiger partial charge is 0.0666 e. The molecule has 0 bridgehead atoms. The third kappa shape index (κ3) is 2.88. The van der Waals surface area contributed by atoms with Gasteiger partial charge in [-0.2, -0.15) is 5.10 Å². The van der Waals surface area contributed by atoms with Gasteiger partial charge in [-0.3, -0.25) is 0 Å². The van der Waals surface area contributed by atoms with Gasteiger partial charge >= 0.3 is 0 Å². The van der Waals surface area contributed by atoms with Crippen molar-refractivity contribution in [3.05, 3.63) is 78.1 Å². The van der Waals surface area contributed by atoms with E-state index in [-0.39, 0.29) is 0 Å². The van der Waals surface area contributed by atoms with Gasteiger partial charge in [-0.25, -0.2) is 4.68 Å². The van der Waals surface area contributed by atoms with E-state index in [0.717, 1.165) is 17.9 Å². The molecule has 0 aliphatic heterocycles. The van der Waals surface area contributed by atoms with Gasteiger partial charge in [0.2, 0.25) is 0 Å². The number of nitrogens with one attached hydrogen (secondary N) is 1. The molecule has 0 saturated carbocycles. The fraction of sp³-hybridized carbons (Fsp3) is 0.118. The highest BCUT2D eigenvalue weighted by molar-refractivity contribution is 5.51. The first-order valence-corrected chi connectivity index (χ1v) is 6.71. The fourth-order valence-corrected chi connectivity index (χ4v) is 2.21. The van der Waals surface area contributed by atoms with E-state index >= 15 is 0 Å². The van der Waals surface area contributed by atoms with E-state index in [9.17, 15) is 0 Å². The van der Waals surface area contributed by atoms with Crippen LogP contribution >= 0.6 is 0 Å². The van der Waals surface area contributed by atoms with Crippen LogP contribution in [0.1, 0.15) is 11.1 Å². The summed E-state index contributed by atoms with van der Waals surface area (Å²) in [4.78, 5) is 0. The number of nitrogens with zero attached hydrogens (tertiary/aromatic N) is 2. The average molecular weight is 263 g/mol. The minimum Gasteiger partial charge on any atom is -0.381 e. The standard InChI is InChI=1S/C17H17N3/c1-14-5-2-6-15(11-14)13-18-16-7-3-8-17(12-16)20-10-4-9-19-20/h2-12,18H,13H2,1H3. The third-order valence-corrected chi connectivity index (χ3v) is 3.19. The van der Waals surface area contributed by atoms with Crippen molar-refractivity contribution >= 4 is 5.69 Å². The third-order valence-electron chi connectivity index (χ3n) is 3.19. The molecule has 3 rings (SSSR count). The van der Waals surface area contributed by atoms with Crippen LogP contribution in [0.5, 0.6) is 0 Å². The summed E-state index contributed by atoms with van der Waals surface area (Å²) in [5.74, 6) is 0. The van der Waals surface area contributed by atoms with Crippen LogP contribution < -0.4 is 5.32 Å². The quantitative estimate of drug-likeness (QED) is 0.776. The van der Waals surface area contributed by atoms with E-state index < -0.39 is 0 Å². The molecule has 3 nitrogen and oxygen atoms in total. The molecule has 100 valence electrons. The van der Waals surface area contributed by atoms with Crippen molar-refractivity contribution in [1.82, 2.24) is 9.78 Å². The number of hydrogen-bond acceptors (Lipinski definition) is 2. The van der Waals surface area contributed by atoms with Crippen molar-refractivity contribution in [3.63, 3.8) is 0 Å². The summed E-state index contributed by atoms with van der Waals surface area (Å²) in [7, 11) is 0. The van der Waals surface area contributed by atoms with Crippen LogP contribution in [0.3, 0.4) is 0 Å². The van der Waals surface area contributed by atoms with Crippen LogP contribution in [0.2, 0.25) is 0 Å². The Bertz CT molecular complexity index is 687. The second-order valence-electron chi connectivity index (χ2n) is 4.84. The zero-order valence-corrected chi connectivity index (χ0v) is 11.5. The van der Waals surface area contributed by atoms with Crippen LogP contribution in [0.25, 0.3) is 5.69 Å². The Balaban J connectivity index is 1.73. The molecule has 3 aromatic rings. The summed E-state index contributed by atoms with van der Waals surface area (Å²) in [6, 6.07) is 18.7. The lowest BCUT2D eigenvalue weighted by molar-refractivity contribution is 0.880. The van der Waals surface area contributed by atoms with Crippen LogP contribution in [0, 0.1) is 6.92 Å². The van der Waals surface area contributed by atoms with Gasteiger partial charge in [0.05, 0.1) is 5.69 Å². The summed E-state index contributed by atoms with van der Waals surface area (Å²) in [5, 5.41) is 7.70. The van der Waals surface area contributed by atoms with Crippen molar-refractivity contribution in [2.45, 2.75) is 13.5 Å². The van der Waals surface area contributed by atoms with Crippen LogP contribution in [-0.2, 0) is 6.54 Å². The molecular weight excluding hydrogens is 246 g/mol. The number of benzene rings is 2.